The van der Waals surface area contributed by atoms with Crippen LogP contribution in [0.3, 0.4) is 0 Å². The van der Waals surface area contributed by atoms with Crippen molar-refractivity contribution in [2.24, 2.45) is 0 Å². The van der Waals surface area contributed by atoms with E-state index in [2.05, 4.69) is 15.0 Å². The van der Waals surface area contributed by atoms with Crippen LogP contribution in [-0.4, -0.2) is 41.7 Å². The molecule has 1 aliphatic rings. The minimum absolute atomic E-state index is 0.146. The molecule has 0 amide bonds. The SMILES string of the molecule is CCNc1ncccc1S(=O)(=O)NC1CCS(=O)CC1. The Kier molecular flexibility index (Phi) is 5.11. The molecule has 2 N–H and O–H groups in total. The summed E-state index contributed by atoms with van der Waals surface area (Å²) in [5, 5.41) is 2.95. The van der Waals surface area contributed by atoms with Gasteiger partial charge in [0.1, 0.15) is 10.7 Å². The average Bonchev–Trinajstić information content (AvgIpc) is 2.42. The van der Waals surface area contributed by atoms with Crippen molar-refractivity contribution < 1.29 is 12.6 Å². The summed E-state index contributed by atoms with van der Waals surface area (Å²) in [7, 11) is -4.40. The molecule has 0 aromatic carbocycles. The third-order valence-corrected chi connectivity index (χ3v) is 6.05. The van der Waals surface area contributed by atoms with Crippen molar-refractivity contribution in [1.82, 2.24) is 9.71 Å². The van der Waals surface area contributed by atoms with Crippen LogP contribution in [0.1, 0.15) is 19.8 Å². The number of rotatable bonds is 5. The summed E-state index contributed by atoms with van der Waals surface area (Å²) in [6, 6.07) is 2.99. The first kappa shape index (κ1) is 15.4. The maximum absolute atomic E-state index is 12.4. The summed E-state index contributed by atoms with van der Waals surface area (Å²) in [6.07, 6.45) is 2.78. The molecule has 1 fully saturated rings. The van der Waals surface area contributed by atoms with Crippen LogP contribution in [0.4, 0.5) is 5.82 Å². The Bertz CT molecular complexity index is 579. The Morgan fingerprint density at radius 3 is 2.75 bits per heavy atom. The van der Waals surface area contributed by atoms with Crippen molar-refractivity contribution >= 4 is 26.6 Å². The van der Waals surface area contributed by atoms with Crippen LogP contribution >= 0.6 is 0 Å². The summed E-state index contributed by atoms with van der Waals surface area (Å²) >= 11 is 0. The lowest BCUT2D eigenvalue weighted by Gasteiger charge is -2.22. The number of nitrogens with one attached hydrogen (secondary N) is 2. The molecule has 0 spiro atoms. The van der Waals surface area contributed by atoms with Crippen LogP contribution in [-0.2, 0) is 20.8 Å². The first-order valence-corrected chi connectivity index (χ1v) is 9.56. The highest BCUT2D eigenvalue weighted by molar-refractivity contribution is 7.89. The monoisotopic (exact) mass is 317 g/mol. The molecule has 0 atom stereocenters. The molecule has 0 saturated carbocycles. The lowest BCUT2D eigenvalue weighted by molar-refractivity contribution is 0.522. The zero-order valence-electron chi connectivity index (χ0n) is 11.3. The topological polar surface area (TPSA) is 88.2 Å². The smallest absolute Gasteiger partial charge is 0.244 e. The standard InChI is InChI=1S/C12H19N3O3S2/c1-2-13-12-11(4-3-7-14-12)20(17,18)15-10-5-8-19(16)9-6-10/h3-4,7,10,15H,2,5-6,8-9H2,1H3,(H,13,14). The van der Waals surface area contributed by atoms with E-state index in [9.17, 15) is 12.6 Å². The molecular weight excluding hydrogens is 298 g/mol. The van der Waals surface area contributed by atoms with Crippen molar-refractivity contribution in [3.63, 3.8) is 0 Å². The number of aromatic nitrogens is 1. The molecule has 1 saturated heterocycles. The number of pyridine rings is 1. The Hall–Kier alpha value is -0.990. The molecule has 1 aromatic heterocycles. The minimum atomic E-state index is -3.60. The largest absolute Gasteiger partial charge is 0.369 e. The Balaban J connectivity index is 2.16. The number of nitrogens with zero attached hydrogens (tertiary/aromatic N) is 1. The van der Waals surface area contributed by atoms with Gasteiger partial charge in [-0.05, 0) is 31.9 Å². The van der Waals surface area contributed by atoms with E-state index >= 15 is 0 Å². The van der Waals surface area contributed by atoms with Crippen molar-refractivity contribution in [2.45, 2.75) is 30.7 Å². The molecule has 0 radical (unpaired) electrons. The number of sulfonamides is 1. The molecule has 0 unspecified atom stereocenters. The van der Waals surface area contributed by atoms with E-state index < -0.39 is 20.8 Å². The van der Waals surface area contributed by atoms with Crippen LogP contribution in [0, 0.1) is 0 Å². The second-order valence-electron chi connectivity index (χ2n) is 4.62. The molecule has 20 heavy (non-hydrogen) atoms. The van der Waals surface area contributed by atoms with E-state index in [1.165, 1.54) is 6.07 Å². The van der Waals surface area contributed by atoms with Gasteiger partial charge in [0.25, 0.3) is 0 Å². The molecule has 2 rings (SSSR count). The molecule has 2 heterocycles. The second-order valence-corrected chi connectivity index (χ2v) is 8.00. The number of hydrogen-bond acceptors (Lipinski definition) is 5. The fourth-order valence-corrected chi connectivity index (χ4v) is 4.84. The van der Waals surface area contributed by atoms with E-state index in [0.29, 0.717) is 36.7 Å². The fraction of sp³-hybridized carbons (Fsp3) is 0.583. The van der Waals surface area contributed by atoms with Crippen molar-refractivity contribution in [3.05, 3.63) is 18.3 Å². The maximum Gasteiger partial charge on any atom is 0.244 e. The average molecular weight is 317 g/mol. The lowest BCUT2D eigenvalue weighted by Crippen LogP contribution is -2.39. The van der Waals surface area contributed by atoms with Gasteiger partial charge in [0, 0.05) is 41.1 Å². The molecular formula is C12H19N3O3S2. The van der Waals surface area contributed by atoms with E-state index in [0.717, 1.165) is 0 Å². The third-order valence-electron chi connectivity index (χ3n) is 3.11. The molecule has 0 aliphatic carbocycles. The Labute approximate surface area is 121 Å². The highest BCUT2D eigenvalue weighted by Crippen LogP contribution is 2.20. The predicted octanol–water partition coefficient (Wildman–Crippen LogP) is 0.703. The van der Waals surface area contributed by atoms with E-state index in [1.807, 2.05) is 6.92 Å². The van der Waals surface area contributed by atoms with Gasteiger partial charge in [0.2, 0.25) is 10.0 Å². The first-order chi connectivity index (χ1) is 9.53. The van der Waals surface area contributed by atoms with Gasteiger partial charge in [-0.3, -0.25) is 4.21 Å². The summed E-state index contributed by atoms with van der Waals surface area (Å²) in [5.74, 6) is 1.47. The fourth-order valence-electron chi connectivity index (χ4n) is 2.10. The first-order valence-electron chi connectivity index (χ1n) is 6.59. The summed E-state index contributed by atoms with van der Waals surface area (Å²) < 4.78 is 38.8. The van der Waals surface area contributed by atoms with Gasteiger partial charge in [-0.2, -0.15) is 0 Å². The van der Waals surface area contributed by atoms with Crippen molar-refractivity contribution in [1.29, 1.82) is 0 Å². The highest BCUT2D eigenvalue weighted by atomic mass is 32.2. The van der Waals surface area contributed by atoms with Gasteiger partial charge >= 0.3 is 0 Å². The maximum atomic E-state index is 12.4. The zero-order chi connectivity index (χ0) is 14.6. The van der Waals surface area contributed by atoms with Crippen LogP contribution in [0.2, 0.25) is 0 Å². The van der Waals surface area contributed by atoms with Crippen molar-refractivity contribution in [3.8, 4) is 0 Å². The molecule has 8 heteroatoms. The normalized spacial score (nSPS) is 23.4. The molecule has 112 valence electrons. The minimum Gasteiger partial charge on any atom is -0.369 e. The number of anilines is 1. The third kappa shape index (κ3) is 3.77. The lowest BCUT2D eigenvalue weighted by atomic mass is 10.2. The molecule has 0 bridgehead atoms. The Morgan fingerprint density at radius 1 is 1.40 bits per heavy atom. The van der Waals surface area contributed by atoms with Crippen LogP contribution in [0.25, 0.3) is 0 Å². The van der Waals surface area contributed by atoms with Gasteiger partial charge < -0.3 is 5.32 Å². The number of hydrogen-bond donors (Lipinski definition) is 2. The van der Waals surface area contributed by atoms with E-state index in [4.69, 9.17) is 0 Å². The molecule has 1 aromatic rings. The van der Waals surface area contributed by atoms with Crippen LogP contribution in [0.15, 0.2) is 23.2 Å². The molecule has 1 aliphatic heterocycles. The van der Waals surface area contributed by atoms with Crippen LogP contribution < -0.4 is 10.0 Å². The second kappa shape index (κ2) is 6.64. The highest BCUT2D eigenvalue weighted by Gasteiger charge is 2.26. The van der Waals surface area contributed by atoms with Gasteiger partial charge in [-0.1, -0.05) is 0 Å². The van der Waals surface area contributed by atoms with E-state index in [-0.39, 0.29) is 10.9 Å². The quantitative estimate of drug-likeness (QED) is 0.835. The predicted molar refractivity (Wildman–Crippen MR) is 79.6 cm³/mol. The zero-order valence-corrected chi connectivity index (χ0v) is 13.0. The van der Waals surface area contributed by atoms with E-state index in [1.54, 1.807) is 12.3 Å². The Morgan fingerprint density at radius 2 is 2.10 bits per heavy atom. The summed E-state index contributed by atoms with van der Waals surface area (Å²) in [5.41, 5.74) is 0. The van der Waals surface area contributed by atoms with Gasteiger partial charge in [0.15, 0.2) is 0 Å². The van der Waals surface area contributed by atoms with Gasteiger partial charge in [-0.25, -0.2) is 18.1 Å². The molecule has 6 nitrogen and oxygen atoms in total. The summed E-state index contributed by atoms with van der Waals surface area (Å²) in [4.78, 5) is 4.22. The summed E-state index contributed by atoms with van der Waals surface area (Å²) in [6.45, 7) is 2.48. The van der Waals surface area contributed by atoms with Gasteiger partial charge in [-0.15, -0.1) is 0 Å². The van der Waals surface area contributed by atoms with Gasteiger partial charge in [0.05, 0.1) is 0 Å². The van der Waals surface area contributed by atoms with Crippen LogP contribution in [0.5, 0.6) is 0 Å². The van der Waals surface area contributed by atoms with Crippen molar-refractivity contribution in [2.75, 3.05) is 23.4 Å².